The van der Waals surface area contributed by atoms with Crippen molar-refractivity contribution >= 4 is 29.8 Å². The minimum Gasteiger partial charge on any atom is -0.480 e. The number of carbonyl (C=O) groups is 5. The first-order valence-corrected chi connectivity index (χ1v) is 12.2. The summed E-state index contributed by atoms with van der Waals surface area (Å²) in [6, 6.07) is 13.9. The van der Waals surface area contributed by atoms with Crippen LogP contribution in [-0.2, 0) is 28.8 Å². The normalized spacial score (nSPS) is 16.1. The van der Waals surface area contributed by atoms with Crippen molar-refractivity contribution in [3.05, 3.63) is 59.7 Å². The zero-order chi connectivity index (χ0) is 26.5. The van der Waals surface area contributed by atoms with Crippen molar-refractivity contribution in [3.8, 4) is 11.1 Å². The summed E-state index contributed by atoms with van der Waals surface area (Å²) in [5, 5.41) is 12.5. The van der Waals surface area contributed by atoms with Crippen molar-refractivity contribution in [1.29, 1.82) is 0 Å². The van der Waals surface area contributed by atoms with Crippen molar-refractivity contribution in [2.75, 3.05) is 6.61 Å². The van der Waals surface area contributed by atoms with Crippen molar-refractivity contribution < 1.29 is 38.7 Å². The number of imide groups is 1. The lowest BCUT2D eigenvalue weighted by Gasteiger charge is -2.25. The molecule has 0 saturated carbocycles. The number of hydrogen-bond donors (Lipinski definition) is 2. The number of hydrogen-bond acceptors (Lipinski definition) is 7. The number of aliphatic carboxylic acids is 1. The van der Waals surface area contributed by atoms with E-state index >= 15 is 0 Å². The van der Waals surface area contributed by atoms with Gasteiger partial charge in [-0.05, 0) is 28.7 Å². The molecule has 194 valence electrons. The van der Waals surface area contributed by atoms with E-state index in [0.29, 0.717) is 17.9 Å². The number of carbonyl (C=O) groups excluding carboxylic acids is 4. The van der Waals surface area contributed by atoms with E-state index in [1.165, 1.54) is 0 Å². The topological polar surface area (TPSA) is 139 Å². The van der Waals surface area contributed by atoms with E-state index in [9.17, 15) is 29.1 Å². The smallest absolute Gasteiger partial charge is 0.407 e. The summed E-state index contributed by atoms with van der Waals surface area (Å²) in [6.45, 7) is 1.82. The third-order valence-electron chi connectivity index (χ3n) is 6.64. The van der Waals surface area contributed by atoms with Crippen LogP contribution in [0.15, 0.2) is 48.5 Å². The molecule has 2 aromatic rings. The van der Waals surface area contributed by atoms with E-state index in [1.807, 2.05) is 55.5 Å². The van der Waals surface area contributed by atoms with Crippen LogP contribution in [0.25, 0.3) is 11.1 Å². The second-order valence-electron chi connectivity index (χ2n) is 9.03. The zero-order valence-corrected chi connectivity index (χ0v) is 20.3. The predicted octanol–water partition coefficient (Wildman–Crippen LogP) is 3.39. The number of benzene rings is 2. The van der Waals surface area contributed by atoms with Gasteiger partial charge in [-0.15, -0.1) is 5.06 Å². The van der Waals surface area contributed by atoms with Gasteiger partial charge in [0.05, 0.1) is 5.92 Å². The molecule has 2 aromatic carbocycles. The molecule has 1 heterocycles. The summed E-state index contributed by atoms with van der Waals surface area (Å²) < 4.78 is 5.44. The number of carboxylic acid groups (broad SMARTS) is 1. The number of unbranched alkanes of at least 4 members (excludes halogenated alkanes) is 1. The largest absolute Gasteiger partial charge is 0.480 e. The highest BCUT2D eigenvalue weighted by Crippen LogP contribution is 2.44. The molecular weight excluding hydrogens is 480 g/mol. The van der Waals surface area contributed by atoms with E-state index < -0.39 is 41.8 Å². The van der Waals surface area contributed by atoms with Crippen LogP contribution in [0, 0.1) is 5.92 Å². The van der Waals surface area contributed by atoms with Gasteiger partial charge in [0.1, 0.15) is 12.6 Å². The number of nitrogens with zero attached hydrogens (tertiary/aromatic N) is 1. The molecule has 1 aliphatic carbocycles. The number of ether oxygens (including phenoxy) is 1. The number of carboxylic acids is 1. The molecule has 2 aliphatic rings. The van der Waals surface area contributed by atoms with Gasteiger partial charge in [0.15, 0.2) is 0 Å². The van der Waals surface area contributed by atoms with Crippen LogP contribution >= 0.6 is 0 Å². The highest BCUT2D eigenvalue weighted by atomic mass is 16.7. The predicted molar refractivity (Wildman–Crippen MR) is 130 cm³/mol. The first kappa shape index (κ1) is 25.9. The van der Waals surface area contributed by atoms with Crippen molar-refractivity contribution in [3.63, 3.8) is 0 Å². The molecule has 2 atom stereocenters. The zero-order valence-electron chi connectivity index (χ0n) is 20.3. The lowest BCUT2D eigenvalue weighted by atomic mass is 9.94. The Bertz CT molecular complexity index is 1160. The van der Waals surface area contributed by atoms with Crippen LogP contribution in [-0.4, -0.2) is 52.7 Å². The number of hydroxylamine groups is 2. The summed E-state index contributed by atoms with van der Waals surface area (Å²) in [5.41, 5.74) is 4.08. The fourth-order valence-corrected chi connectivity index (χ4v) is 4.76. The van der Waals surface area contributed by atoms with Gasteiger partial charge in [0.25, 0.3) is 11.8 Å². The molecule has 10 nitrogen and oxygen atoms in total. The molecule has 2 N–H and O–H groups in total. The number of nitrogens with one attached hydrogen (secondary N) is 1. The van der Waals surface area contributed by atoms with E-state index in [1.54, 1.807) is 0 Å². The SMILES string of the molecule is CCCCC(C(=O)ON1C(=O)CCC1=O)[C@H](NC(=O)OCC1c2ccccc2-c2ccccc21)C(=O)O. The lowest BCUT2D eigenvalue weighted by Crippen LogP contribution is -2.50. The van der Waals surface area contributed by atoms with Gasteiger partial charge in [0, 0.05) is 18.8 Å². The summed E-state index contributed by atoms with van der Waals surface area (Å²) >= 11 is 0. The molecule has 1 saturated heterocycles. The molecule has 0 aromatic heterocycles. The van der Waals surface area contributed by atoms with Gasteiger partial charge in [0.2, 0.25) is 0 Å². The molecule has 1 fully saturated rings. The Balaban J connectivity index is 1.45. The number of rotatable bonds is 10. The van der Waals surface area contributed by atoms with Gasteiger partial charge in [-0.2, -0.15) is 0 Å². The second kappa shape index (κ2) is 11.2. The minimum atomic E-state index is -1.68. The molecule has 37 heavy (non-hydrogen) atoms. The van der Waals surface area contributed by atoms with Crippen molar-refractivity contribution in [2.24, 2.45) is 5.92 Å². The summed E-state index contributed by atoms with van der Waals surface area (Å²) in [5.74, 6) is -5.46. The van der Waals surface area contributed by atoms with Crippen molar-refractivity contribution in [2.45, 2.75) is 51.0 Å². The maximum Gasteiger partial charge on any atom is 0.407 e. The average Bonchev–Trinajstić information content (AvgIpc) is 3.38. The Morgan fingerprint density at radius 2 is 1.57 bits per heavy atom. The third kappa shape index (κ3) is 5.47. The highest BCUT2D eigenvalue weighted by molar-refractivity contribution is 6.02. The van der Waals surface area contributed by atoms with Crippen LogP contribution in [0.4, 0.5) is 4.79 Å². The van der Waals surface area contributed by atoms with E-state index in [-0.39, 0.29) is 31.8 Å². The van der Waals surface area contributed by atoms with Crippen LogP contribution in [0.3, 0.4) is 0 Å². The van der Waals surface area contributed by atoms with E-state index in [0.717, 1.165) is 22.3 Å². The number of fused-ring (bicyclic) bond motifs is 3. The van der Waals surface area contributed by atoms with Gasteiger partial charge in [-0.3, -0.25) is 9.59 Å². The molecule has 4 rings (SSSR count). The monoisotopic (exact) mass is 508 g/mol. The van der Waals surface area contributed by atoms with Gasteiger partial charge in [-0.25, -0.2) is 14.4 Å². The van der Waals surface area contributed by atoms with Crippen LogP contribution in [0.5, 0.6) is 0 Å². The lowest BCUT2D eigenvalue weighted by molar-refractivity contribution is -0.201. The summed E-state index contributed by atoms with van der Waals surface area (Å²) in [6.07, 6.45) is -0.0259. The fraction of sp³-hybridized carbons (Fsp3) is 0.370. The summed E-state index contributed by atoms with van der Waals surface area (Å²) in [7, 11) is 0. The first-order valence-electron chi connectivity index (χ1n) is 12.2. The Morgan fingerprint density at radius 3 is 2.11 bits per heavy atom. The second-order valence-corrected chi connectivity index (χ2v) is 9.03. The van der Waals surface area contributed by atoms with Crippen LogP contribution < -0.4 is 5.32 Å². The third-order valence-corrected chi connectivity index (χ3v) is 6.64. The highest BCUT2D eigenvalue weighted by Gasteiger charge is 2.41. The average molecular weight is 509 g/mol. The molecule has 10 heteroatoms. The minimum absolute atomic E-state index is 0.0347. The molecule has 0 radical (unpaired) electrons. The number of amides is 3. The quantitative estimate of drug-likeness (QED) is 0.466. The first-order chi connectivity index (χ1) is 17.8. The molecule has 3 amide bonds. The van der Waals surface area contributed by atoms with Crippen LogP contribution in [0.1, 0.15) is 56.1 Å². The Labute approximate surface area is 213 Å². The molecule has 0 bridgehead atoms. The molecular formula is C27H28N2O8. The molecule has 1 unspecified atom stereocenters. The Morgan fingerprint density at radius 1 is 1.00 bits per heavy atom. The maximum absolute atomic E-state index is 12.8. The van der Waals surface area contributed by atoms with E-state index in [2.05, 4.69) is 5.32 Å². The van der Waals surface area contributed by atoms with Gasteiger partial charge < -0.3 is 20.0 Å². The Hall–Kier alpha value is -4.21. The molecule has 1 aliphatic heterocycles. The van der Waals surface area contributed by atoms with Gasteiger partial charge >= 0.3 is 18.0 Å². The van der Waals surface area contributed by atoms with Crippen molar-refractivity contribution in [1.82, 2.24) is 10.4 Å². The summed E-state index contributed by atoms with van der Waals surface area (Å²) in [4.78, 5) is 66.3. The maximum atomic E-state index is 12.8. The fourth-order valence-electron chi connectivity index (χ4n) is 4.76. The standard InChI is InChI=1S/C27H28N2O8/c1-2-3-8-20(26(34)37-29-22(30)13-14-23(29)31)24(25(32)33)28-27(35)36-15-21-18-11-6-4-9-16(18)17-10-5-7-12-19(17)21/h4-7,9-12,20-21,24H,2-3,8,13-15H2,1H3,(H,28,35)(H,32,33)/t20?,24-/m0/s1. The van der Waals surface area contributed by atoms with E-state index in [4.69, 9.17) is 9.57 Å². The molecule has 0 spiro atoms. The van der Waals surface area contributed by atoms with Crippen LogP contribution in [0.2, 0.25) is 0 Å². The van der Waals surface area contributed by atoms with Gasteiger partial charge in [-0.1, -0.05) is 68.3 Å². The Kier molecular flexibility index (Phi) is 7.86. The number of alkyl carbamates (subject to hydrolysis) is 1.